The highest BCUT2D eigenvalue weighted by Gasteiger charge is 2.03. The smallest absolute Gasteiger partial charge is 0.234 e. The molecule has 1 N–H and O–H groups in total. The number of halogens is 2. The standard InChI is InChI=1S/C17H17ClFNO2S/c18-13-2-8-16(9-3-13)22-10-1-11-23-12-17(21)20-15-6-4-14(19)5-7-15/h2-9H,1,10-12H2,(H,20,21). The third-order valence-electron chi connectivity index (χ3n) is 2.88. The molecule has 0 aliphatic carbocycles. The summed E-state index contributed by atoms with van der Waals surface area (Å²) in [6.45, 7) is 0.591. The third-order valence-corrected chi connectivity index (χ3v) is 4.17. The van der Waals surface area contributed by atoms with Gasteiger partial charge in [-0.05, 0) is 60.7 Å². The monoisotopic (exact) mass is 353 g/mol. The van der Waals surface area contributed by atoms with Crippen LogP contribution in [0.2, 0.25) is 5.02 Å². The normalized spacial score (nSPS) is 10.3. The fourth-order valence-corrected chi connectivity index (χ4v) is 2.63. The second kappa shape index (κ2) is 9.43. The van der Waals surface area contributed by atoms with Gasteiger partial charge in [0, 0.05) is 10.7 Å². The fourth-order valence-electron chi connectivity index (χ4n) is 1.78. The van der Waals surface area contributed by atoms with E-state index in [0.717, 1.165) is 17.9 Å². The first-order valence-corrected chi connectivity index (χ1v) is 8.68. The largest absolute Gasteiger partial charge is 0.494 e. The lowest BCUT2D eigenvalue weighted by molar-refractivity contribution is -0.113. The summed E-state index contributed by atoms with van der Waals surface area (Å²) >= 11 is 7.33. The Morgan fingerprint density at radius 1 is 1.13 bits per heavy atom. The number of benzene rings is 2. The third kappa shape index (κ3) is 6.93. The molecule has 0 spiro atoms. The zero-order chi connectivity index (χ0) is 16.5. The zero-order valence-electron chi connectivity index (χ0n) is 12.4. The highest BCUT2D eigenvalue weighted by atomic mass is 35.5. The second-order valence-electron chi connectivity index (χ2n) is 4.76. The van der Waals surface area contributed by atoms with Gasteiger partial charge in [-0.2, -0.15) is 11.8 Å². The van der Waals surface area contributed by atoms with Crippen LogP contribution < -0.4 is 10.1 Å². The van der Waals surface area contributed by atoms with Crippen LogP contribution in [0.1, 0.15) is 6.42 Å². The number of hydrogen-bond donors (Lipinski definition) is 1. The highest BCUT2D eigenvalue weighted by Crippen LogP contribution is 2.16. The van der Waals surface area contributed by atoms with Crippen molar-refractivity contribution in [2.45, 2.75) is 6.42 Å². The van der Waals surface area contributed by atoms with Gasteiger partial charge in [0.1, 0.15) is 11.6 Å². The number of amides is 1. The Kier molecular flexibility index (Phi) is 7.23. The average Bonchev–Trinajstić information content (AvgIpc) is 2.54. The Balaban J connectivity index is 1.55. The molecule has 2 aromatic rings. The van der Waals surface area contributed by atoms with E-state index in [1.807, 2.05) is 12.1 Å². The topological polar surface area (TPSA) is 38.3 Å². The summed E-state index contributed by atoms with van der Waals surface area (Å²) in [7, 11) is 0. The number of rotatable bonds is 8. The predicted molar refractivity (Wildman–Crippen MR) is 93.9 cm³/mol. The SMILES string of the molecule is O=C(CSCCCOc1ccc(Cl)cc1)Nc1ccc(F)cc1. The molecule has 122 valence electrons. The van der Waals surface area contributed by atoms with Crippen molar-refractivity contribution in [2.24, 2.45) is 0 Å². The first-order chi connectivity index (χ1) is 11.1. The number of hydrogen-bond acceptors (Lipinski definition) is 3. The maximum Gasteiger partial charge on any atom is 0.234 e. The molecule has 0 fully saturated rings. The molecule has 0 aliphatic rings. The van der Waals surface area contributed by atoms with Crippen LogP contribution in [-0.2, 0) is 4.79 Å². The first-order valence-electron chi connectivity index (χ1n) is 7.15. The highest BCUT2D eigenvalue weighted by molar-refractivity contribution is 7.99. The lowest BCUT2D eigenvalue weighted by atomic mass is 10.3. The molecular formula is C17H17ClFNO2S. The van der Waals surface area contributed by atoms with E-state index < -0.39 is 0 Å². The lowest BCUT2D eigenvalue weighted by Crippen LogP contribution is -2.14. The van der Waals surface area contributed by atoms with E-state index in [-0.39, 0.29) is 11.7 Å². The summed E-state index contributed by atoms with van der Waals surface area (Å²) in [5.41, 5.74) is 0.600. The summed E-state index contributed by atoms with van der Waals surface area (Å²) in [4.78, 5) is 11.7. The van der Waals surface area contributed by atoms with Crippen molar-refractivity contribution in [2.75, 3.05) is 23.4 Å². The van der Waals surface area contributed by atoms with Crippen molar-refractivity contribution in [1.82, 2.24) is 0 Å². The first kappa shape index (κ1) is 17.6. The molecular weight excluding hydrogens is 337 g/mol. The number of nitrogens with one attached hydrogen (secondary N) is 1. The van der Waals surface area contributed by atoms with Crippen LogP contribution >= 0.6 is 23.4 Å². The molecule has 0 aliphatic heterocycles. The van der Waals surface area contributed by atoms with Crippen molar-refractivity contribution in [3.8, 4) is 5.75 Å². The van der Waals surface area contributed by atoms with Crippen LogP contribution in [0.4, 0.5) is 10.1 Å². The Morgan fingerprint density at radius 2 is 1.83 bits per heavy atom. The van der Waals surface area contributed by atoms with E-state index >= 15 is 0 Å². The molecule has 0 bridgehead atoms. The molecule has 0 atom stereocenters. The summed E-state index contributed by atoms with van der Waals surface area (Å²) in [5, 5.41) is 3.40. The Bertz CT molecular complexity index is 619. The lowest BCUT2D eigenvalue weighted by Gasteiger charge is -2.07. The van der Waals surface area contributed by atoms with Crippen LogP contribution in [0.15, 0.2) is 48.5 Å². The molecule has 0 radical (unpaired) electrons. The molecule has 2 rings (SSSR count). The second-order valence-corrected chi connectivity index (χ2v) is 6.31. The van der Waals surface area contributed by atoms with Crippen LogP contribution in [0, 0.1) is 5.82 Å². The van der Waals surface area contributed by atoms with E-state index in [2.05, 4.69) is 5.32 Å². The minimum atomic E-state index is -0.321. The van der Waals surface area contributed by atoms with Crippen molar-refractivity contribution in [1.29, 1.82) is 0 Å². The molecule has 0 aromatic heterocycles. The number of carbonyl (C=O) groups is 1. The van der Waals surface area contributed by atoms with Crippen LogP contribution in [0.25, 0.3) is 0 Å². The van der Waals surface area contributed by atoms with Gasteiger partial charge in [-0.25, -0.2) is 4.39 Å². The van der Waals surface area contributed by atoms with Crippen LogP contribution in [0.5, 0.6) is 5.75 Å². The number of anilines is 1. The summed E-state index contributed by atoms with van der Waals surface area (Å²) in [6.07, 6.45) is 0.844. The zero-order valence-corrected chi connectivity index (χ0v) is 14.0. The van der Waals surface area contributed by atoms with E-state index in [9.17, 15) is 9.18 Å². The summed E-state index contributed by atoms with van der Waals surface area (Å²) in [5.74, 6) is 1.55. The number of thioether (sulfide) groups is 1. The van der Waals surface area contributed by atoms with Crippen molar-refractivity contribution in [3.63, 3.8) is 0 Å². The number of carbonyl (C=O) groups excluding carboxylic acids is 1. The summed E-state index contributed by atoms with van der Waals surface area (Å²) in [6, 6.07) is 12.9. The van der Waals surface area contributed by atoms with E-state index in [0.29, 0.717) is 23.1 Å². The number of ether oxygens (including phenoxy) is 1. The van der Waals surface area contributed by atoms with Gasteiger partial charge in [-0.1, -0.05) is 11.6 Å². The predicted octanol–water partition coefficient (Wildman–Crippen LogP) is 4.62. The Hall–Kier alpha value is -1.72. The fraction of sp³-hybridized carbons (Fsp3) is 0.235. The average molecular weight is 354 g/mol. The Morgan fingerprint density at radius 3 is 2.52 bits per heavy atom. The van der Waals surface area contributed by atoms with Gasteiger partial charge in [0.2, 0.25) is 5.91 Å². The van der Waals surface area contributed by atoms with Gasteiger partial charge < -0.3 is 10.1 Å². The Labute approximate surface area is 144 Å². The molecule has 1 amide bonds. The molecule has 3 nitrogen and oxygen atoms in total. The quantitative estimate of drug-likeness (QED) is 0.704. The van der Waals surface area contributed by atoms with E-state index in [1.54, 1.807) is 12.1 Å². The van der Waals surface area contributed by atoms with E-state index in [4.69, 9.17) is 16.3 Å². The van der Waals surface area contributed by atoms with Gasteiger partial charge in [0.25, 0.3) is 0 Å². The molecule has 23 heavy (non-hydrogen) atoms. The van der Waals surface area contributed by atoms with Gasteiger partial charge in [-0.3, -0.25) is 4.79 Å². The molecule has 0 unspecified atom stereocenters. The molecule has 0 heterocycles. The maximum atomic E-state index is 12.8. The molecule has 2 aromatic carbocycles. The van der Waals surface area contributed by atoms with Gasteiger partial charge in [0.05, 0.1) is 12.4 Å². The van der Waals surface area contributed by atoms with E-state index in [1.165, 1.54) is 36.0 Å². The van der Waals surface area contributed by atoms with Crippen molar-refractivity contribution >= 4 is 35.0 Å². The van der Waals surface area contributed by atoms with Crippen LogP contribution in [0.3, 0.4) is 0 Å². The molecule has 6 heteroatoms. The minimum Gasteiger partial charge on any atom is -0.494 e. The van der Waals surface area contributed by atoms with Gasteiger partial charge in [0.15, 0.2) is 0 Å². The van der Waals surface area contributed by atoms with Crippen LogP contribution in [-0.4, -0.2) is 24.0 Å². The molecule has 0 saturated carbocycles. The minimum absolute atomic E-state index is 0.0970. The molecule has 0 saturated heterocycles. The van der Waals surface area contributed by atoms with Gasteiger partial charge in [-0.15, -0.1) is 0 Å². The maximum absolute atomic E-state index is 12.8. The van der Waals surface area contributed by atoms with Crippen molar-refractivity contribution in [3.05, 3.63) is 59.4 Å². The van der Waals surface area contributed by atoms with Gasteiger partial charge >= 0.3 is 0 Å². The summed E-state index contributed by atoms with van der Waals surface area (Å²) < 4.78 is 18.3. The van der Waals surface area contributed by atoms with Crippen molar-refractivity contribution < 1.29 is 13.9 Å².